The molecular formula is C15H19NO3. The standard InChI is InChI=1S/C15H19NO3/c1-11(12-5-7-13(18-2)8-6-12)16-14(10-17)15-4-3-9-19-15/h3-9,11,14,16-17H,10H2,1-2H3. The maximum Gasteiger partial charge on any atom is 0.123 e. The SMILES string of the molecule is COc1ccc(C(C)NC(CO)c2ccco2)cc1. The van der Waals surface area contributed by atoms with E-state index in [1.807, 2.05) is 43.3 Å². The van der Waals surface area contributed by atoms with E-state index in [1.54, 1.807) is 13.4 Å². The van der Waals surface area contributed by atoms with Crippen LogP contribution in [0.3, 0.4) is 0 Å². The van der Waals surface area contributed by atoms with Crippen LogP contribution in [0.5, 0.6) is 5.75 Å². The molecule has 0 radical (unpaired) electrons. The third kappa shape index (κ3) is 3.36. The van der Waals surface area contributed by atoms with Crippen molar-refractivity contribution in [2.45, 2.75) is 19.0 Å². The molecule has 0 aliphatic heterocycles. The number of furan rings is 1. The van der Waals surface area contributed by atoms with E-state index in [0.717, 1.165) is 17.1 Å². The first kappa shape index (κ1) is 13.6. The summed E-state index contributed by atoms with van der Waals surface area (Å²) in [6.07, 6.45) is 1.61. The Labute approximate surface area is 113 Å². The summed E-state index contributed by atoms with van der Waals surface area (Å²) in [7, 11) is 1.65. The van der Waals surface area contributed by atoms with Crippen LogP contribution in [-0.4, -0.2) is 18.8 Å². The molecule has 2 rings (SSSR count). The van der Waals surface area contributed by atoms with Gasteiger partial charge < -0.3 is 14.3 Å². The minimum Gasteiger partial charge on any atom is -0.497 e. The largest absolute Gasteiger partial charge is 0.497 e. The van der Waals surface area contributed by atoms with E-state index >= 15 is 0 Å². The molecule has 1 heterocycles. The molecule has 0 saturated heterocycles. The molecule has 0 aliphatic rings. The van der Waals surface area contributed by atoms with Gasteiger partial charge in [0.25, 0.3) is 0 Å². The Bertz CT molecular complexity index is 479. The average Bonchev–Trinajstić information content (AvgIpc) is 2.98. The smallest absolute Gasteiger partial charge is 0.123 e. The molecule has 1 aromatic heterocycles. The third-order valence-corrected chi connectivity index (χ3v) is 3.14. The van der Waals surface area contributed by atoms with Crippen LogP contribution in [-0.2, 0) is 0 Å². The van der Waals surface area contributed by atoms with Crippen LogP contribution in [0.25, 0.3) is 0 Å². The van der Waals surface area contributed by atoms with Gasteiger partial charge in [0, 0.05) is 6.04 Å². The van der Waals surface area contributed by atoms with Crippen LogP contribution >= 0.6 is 0 Å². The zero-order chi connectivity index (χ0) is 13.7. The first-order chi connectivity index (χ1) is 9.24. The quantitative estimate of drug-likeness (QED) is 0.839. The molecule has 102 valence electrons. The van der Waals surface area contributed by atoms with Gasteiger partial charge in [-0.3, -0.25) is 5.32 Å². The lowest BCUT2D eigenvalue weighted by Gasteiger charge is -2.20. The lowest BCUT2D eigenvalue weighted by molar-refractivity contribution is 0.217. The van der Waals surface area contributed by atoms with Gasteiger partial charge in [-0.05, 0) is 36.8 Å². The number of methoxy groups -OCH3 is 1. The van der Waals surface area contributed by atoms with Crippen molar-refractivity contribution in [1.29, 1.82) is 0 Å². The van der Waals surface area contributed by atoms with Crippen LogP contribution < -0.4 is 10.1 Å². The first-order valence-electron chi connectivity index (χ1n) is 6.29. The second kappa shape index (κ2) is 6.41. The van der Waals surface area contributed by atoms with E-state index in [0.29, 0.717) is 0 Å². The number of aliphatic hydroxyl groups is 1. The summed E-state index contributed by atoms with van der Waals surface area (Å²) in [5.74, 6) is 1.57. The van der Waals surface area contributed by atoms with Crippen molar-refractivity contribution in [3.05, 3.63) is 54.0 Å². The Morgan fingerprint density at radius 1 is 1.26 bits per heavy atom. The summed E-state index contributed by atoms with van der Waals surface area (Å²) in [4.78, 5) is 0. The summed E-state index contributed by atoms with van der Waals surface area (Å²) in [6.45, 7) is 2.04. The second-order valence-corrected chi connectivity index (χ2v) is 4.41. The van der Waals surface area contributed by atoms with Crippen molar-refractivity contribution >= 4 is 0 Å². The van der Waals surface area contributed by atoms with Crippen molar-refractivity contribution in [3.63, 3.8) is 0 Å². The molecule has 0 saturated carbocycles. The zero-order valence-corrected chi connectivity index (χ0v) is 11.2. The van der Waals surface area contributed by atoms with Gasteiger partial charge in [-0.2, -0.15) is 0 Å². The average molecular weight is 261 g/mol. The molecule has 2 atom stereocenters. The van der Waals surface area contributed by atoms with Gasteiger partial charge in [0.1, 0.15) is 11.5 Å². The maximum absolute atomic E-state index is 9.43. The monoisotopic (exact) mass is 261 g/mol. The molecule has 0 spiro atoms. The number of hydrogen-bond donors (Lipinski definition) is 2. The molecule has 4 nitrogen and oxygen atoms in total. The number of aliphatic hydroxyl groups excluding tert-OH is 1. The Balaban J connectivity index is 2.04. The van der Waals surface area contributed by atoms with Crippen LogP contribution in [0.2, 0.25) is 0 Å². The molecule has 2 N–H and O–H groups in total. The maximum atomic E-state index is 9.43. The molecule has 0 aliphatic carbocycles. The molecule has 0 bridgehead atoms. The molecule has 0 fully saturated rings. The van der Waals surface area contributed by atoms with Crippen molar-refractivity contribution < 1.29 is 14.3 Å². The van der Waals surface area contributed by atoms with Gasteiger partial charge in [-0.1, -0.05) is 12.1 Å². The van der Waals surface area contributed by atoms with Gasteiger partial charge in [-0.15, -0.1) is 0 Å². The highest BCUT2D eigenvalue weighted by atomic mass is 16.5. The Kier molecular flexibility index (Phi) is 4.60. The third-order valence-electron chi connectivity index (χ3n) is 3.14. The van der Waals surface area contributed by atoms with Crippen LogP contribution in [0, 0.1) is 0 Å². The Morgan fingerprint density at radius 2 is 2.00 bits per heavy atom. The fraction of sp³-hybridized carbons (Fsp3) is 0.333. The predicted molar refractivity (Wildman–Crippen MR) is 73.1 cm³/mol. The fourth-order valence-electron chi connectivity index (χ4n) is 2.00. The zero-order valence-electron chi connectivity index (χ0n) is 11.2. The number of benzene rings is 1. The normalized spacial score (nSPS) is 14.1. The summed E-state index contributed by atoms with van der Waals surface area (Å²) in [6, 6.07) is 11.4. The molecule has 4 heteroatoms. The van der Waals surface area contributed by atoms with Crippen molar-refractivity contribution in [2.24, 2.45) is 0 Å². The summed E-state index contributed by atoms with van der Waals surface area (Å²) >= 11 is 0. The Hall–Kier alpha value is -1.78. The van der Waals surface area contributed by atoms with E-state index in [2.05, 4.69) is 5.32 Å². The molecule has 0 amide bonds. The van der Waals surface area contributed by atoms with Gasteiger partial charge >= 0.3 is 0 Å². The van der Waals surface area contributed by atoms with Crippen molar-refractivity contribution in [1.82, 2.24) is 5.32 Å². The summed E-state index contributed by atoms with van der Waals surface area (Å²) in [5.41, 5.74) is 1.13. The number of ether oxygens (including phenoxy) is 1. The van der Waals surface area contributed by atoms with E-state index < -0.39 is 0 Å². The summed E-state index contributed by atoms with van der Waals surface area (Å²) in [5, 5.41) is 12.8. The van der Waals surface area contributed by atoms with Gasteiger partial charge in [-0.25, -0.2) is 0 Å². The minimum absolute atomic E-state index is 0.00594. The van der Waals surface area contributed by atoms with Gasteiger partial charge in [0.05, 0.1) is 26.0 Å². The van der Waals surface area contributed by atoms with Crippen LogP contribution in [0.1, 0.15) is 30.3 Å². The van der Waals surface area contributed by atoms with Crippen LogP contribution in [0.4, 0.5) is 0 Å². The molecule has 19 heavy (non-hydrogen) atoms. The highest BCUT2D eigenvalue weighted by molar-refractivity contribution is 5.29. The van der Waals surface area contributed by atoms with E-state index in [-0.39, 0.29) is 18.7 Å². The molecule has 2 unspecified atom stereocenters. The molecule has 2 aromatic rings. The fourth-order valence-corrected chi connectivity index (χ4v) is 2.00. The Morgan fingerprint density at radius 3 is 2.53 bits per heavy atom. The van der Waals surface area contributed by atoms with E-state index in [9.17, 15) is 5.11 Å². The number of nitrogens with one attached hydrogen (secondary N) is 1. The van der Waals surface area contributed by atoms with Crippen molar-refractivity contribution in [3.8, 4) is 5.75 Å². The van der Waals surface area contributed by atoms with Gasteiger partial charge in [0.15, 0.2) is 0 Å². The van der Waals surface area contributed by atoms with E-state index in [1.165, 1.54) is 0 Å². The van der Waals surface area contributed by atoms with Crippen molar-refractivity contribution in [2.75, 3.05) is 13.7 Å². The number of rotatable bonds is 6. The topological polar surface area (TPSA) is 54.6 Å². The number of hydrogen-bond acceptors (Lipinski definition) is 4. The minimum atomic E-state index is -0.202. The lowest BCUT2D eigenvalue weighted by Crippen LogP contribution is -2.26. The lowest BCUT2D eigenvalue weighted by atomic mass is 10.1. The summed E-state index contributed by atoms with van der Waals surface area (Å²) < 4.78 is 10.5. The van der Waals surface area contributed by atoms with Gasteiger partial charge in [0.2, 0.25) is 0 Å². The highest BCUT2D eigenvalue weighted by Gasteiger charge is 2.16. The first-order valence-corrected chi connectivity index (χ1v) is 6.29. The van der Waals surface area contributed by atoms with Crippen LogP contribution in [0.15, 0.2) is 47.1 Å². The predicted octanol–water partition coefficient (Wildman–Crippen LogP) is 2.67. The molecule has 1 aromatic carbocycles. The second-order valence-electron chi connectivity index (χ2n) is 4.41. The van der Waals surface area contributed by atoms with E-state index in [4.69, 9.17) is 9.15 Å². The highest BCUT2D eigenvalue weighted by Crippen LogP contribution is 2.21. The molecular weight excluding hydrogens is 242 g/mol.